The maximum atomic E-state index is 12.6. The van der Waals surface area contributed by atoms with Gasteiger partial charge in [0.05, 0.1) is 31.2 Å². The summed E-state index contributed by atoms with van der Waals surface area (Å²) in [6, 6.07) is 11.9. The van der Waals surface area contributed by atoms with Crippen LogP contribution < -0.4 is 14.8 Å². The number of carbonyl (C=O) groups excluding carboxylic acids is 3. The normalized spacial score (nSPS) is 12.9. The van der Waals surface area contributed by atoms with E-state index in [-0.39, 0.29) is 11.7 Å². The van der Waals surface area contributed by atoms with E-state index in [1.807, 2.05) is 4.90 Å². The zero-order valence-corrected chi connectivity index (χ0v) is 18.9. The van der Waals surface area contributed by atoms with Crippen LogP contribution in [0.3, 0.4) is 0 Å². The Morgan fingerprint density at radius 1 is 1.03 bits per heavy atom. The zero-order chi connectivity index (χ0) is 22.9. The van der Waals surface area contributed by atoms with Crippen molar-refractivity contribution in [3.63, 3.8) is 0 Å². The van der Waals surface area contributed by atoms with Crippen molar-refractivity contribution < 1.29 is 28.6 Å². The van der Waals surface area contributed by atoms with Crippen LogP contribution in [0, 0.1) is 0 Å². The second-order valence-electron chi connectivity index (χ2n) is 7.06. The largest absolute Gasteiger partial charge is 0.497 e. The number of esters is 1. The lowest BCUT2D eigenvalue weighted by molar-refractivity contribution is -0.127. The van der Waals surface area contributed by atoms with Crippen molar-refractivity contribution in [1.82, 2.24) is 4.90 Å². The number of nitrogens with one attached hydrogen (secondary N) is 1. The summed E-state index contributed by atoms with van der Waals surface area (Å²) >= 11 is 1.29. The van der Waals surface area contributed by atoms with Crippen molar-refractivity contribution >= 4 is 35.2 Å². The van der Waals surface area contributed by atoms with E-state index in [1.165, 1.54) is 26.0 Å². The minimum absolute atomic E-state index is 0.0577. The fraction of sp³-hybridized carbons (Fsp3) is 0.348. The van der Waals surface area contributed by atoms with E-state index in [2.05, 4.69) is 5.32 Å². The van der Waals surface area contributed by atoms with Crippen molar-refractivity contribution in [1.29, 1.82) is 0 Å². The van der Waals surface area contributed by atoms with Crippen molar-refractivity contribution in [3.8, 4) is 11.5 Å². The molecule has 0 atom stereocenters. The number of nitrogens with zero attached hydrogens (tertiary/aromatic N) is 1. The van der Waals surface area contributed by atoms with Crippen molar-refractivity contribution in [3.05, 3.63) is 48.0 Å². The number of methoxy groups -OCH3 is 2. The second-order valence-corrected chi connectivity index (χ2v) is 8.08. The molecular formula is C23H26N2O6S. The van der Waals surface area contributed by atoms with Gasteiger partial charge in [0, 0.05) is 24.1 Å². The first kappa shape index (κ1) is 23.5. The van der Waals surface area contributed by atoms with Crippen LogP contribution in [0.15, 0.2) is 47.4 Å². The molecule has 9 heteroatoms. The van der Waals surface area contributed by atoms with Crippen LogP contribution in [0.5, 0.6) is 11.5 Å². The van der Waals surface area contributed by atoms with Gasteiger partial charge in [0.25, 0.3) is 5.91 Å². The molecule has 0 unspecified atom stereocenters. The number of benzene rings is 2. The van der Waals surface area contributed by atoms with Gasteiger partial charge in [-0.1, -0.05) is 12.1 Å². The van der Waals surface area contributed by atoms with Crippen LogP contribution in [-0.4, -0.2) is 62.4 Å². The minimum atomic E-state index is -0.630. The van der Waals surface area contributed by atoms with Gasteiger partial charge in [-0.3, -0.25) is 9.59 Å². The van der Waals surface area contributed by atoms with E-state index in [9.17, 15) is 14.4 Å². The number of ether oxygens (including phenoxy) is 3. The average Bonchev–Trinajstić information content (AvgIpc) is 3.36. The molecule has 2 aromatic carbocycles. The molecule has 3 rings (SSSR count). The maximum absolute atomic E-state index is 12.6. The highest BCUT2D eigenvalue weighted by Crippen LogP contribution is 2.29. The Kier molecular flexibility index (Phi) is 8.38. The first-order chi connectivity index (χ1) is 15.5. The fourth-order valence-electron chi connectivity index (χ4n) is 3.27. The monoisotopic (exact) mass is 458 g/mol. The number of likely N-dealkylation sites (tertiary alicyclic amines) is 1. The Labute approximate surface area is 191 Å². The molecule has 1 saturated heterocycles. The summed E-state index contributed by atoms with van der Waals surface area (Å²) in [5.41, 5.74) is 0.725. The number of amides is 2. The summed E-state index contributed by atoms with van der Waals surface area (Å²) in [7, 11) is 3.00. The summed E-state index contributed by atoms with van der Waals surface area (Å²) < 4.78 is 15.6. The Bertz CT molecular complexity index is 975. The van der Waals surface area contributed by atoms with Gasteiger partial charge in [0.2, 0.25) is 5.91 Å². The molecule has 1 fully saturated rings. The van der Waals surface area contributed by atoms with E-state index in [4.69, 9.17) is 14.2 Å². The molecule has 0 aromatic heterocycles. The number of hydrogen-bond donors (Lipinski definition) is 1. The number of anilines is 1. The first-order valence-electron chi connectivity index (χ1n) is 10.2. The summed E-state index contributed by atoms with van der Waals surface area (Å²) in [4.78, 5) is 39.7. The van der Waals surface area contributed by atoms with Crippen LogP contribution >= 0.6 is 11.8 Å². The van der Waals surface area contributed by atoms with Crippen molar-refractivity contribution in [2.45, 2.75) is 17.7 Å². The molecule has 0 aliphatic carbocycles. The molecule has 0 radical (unpaired) electrons. The smallest absolute Gasteiger partial charge is 0.339 e. The van der Waals surface area contributed by atoms with E-state index < -0.39 is 18.5 Å². The maximum Gasteiger partial charge on any atom is 0.339 e. The number of carbonyl (C=O) groups is 3. The average molecular weight is 459 g/mol. The second kappa shape index (κ2) is 11.4. The van der Waals surface area contributed by atoms with Crippen molar-refractivity contribution in [2.75, 3.05) is 45.0 Å². The number of thioether (sulfide) groups is 1. The molecular weight excluding hydrogens is 432 g/mol. The van der Waals surface area contributed by atoms with Crippen LogP contribution in [0.1, 0.15) is 23.2 Å². The lowest BCUT2D eigenvalue weighted by atomic mass is 10.2. The third-order valence-corrected chi connectivity index (χ3v) is 5.99. The molecule has 2 amide bonds. The molecule has 2 aromatic rings. The molecule has 1 aliphatic heterocycles. The van der Waals surface area contributed by atoms with Gasteiger partial charge in [-0.2, -0.15) is 0 Å². The third-order valence-electron chi connectivity index (χ3n) is 4.93. The van der Waals surface area contributed by atoms with Crippen molar-refractivity contribution in [2.24, 2.45) is 0 Å². The third kappa shape index (κ3) is 6.16. The van der Waals surface area contributed by atoms with Gasteiger partial charge < -0.3 is 24.4 Å². The lowest BCUT2D eigenvalue weighted by Gasteiger charge is -2.15. The molecule has 1 aliphatic rings. The lowest BCUT2D eigenvalue weighted by Crippen LogP contribution is -2.29. The van der Waals surface area contributed by atoms with Gasteiger partial charge in [-0.25, -0.2) is 4.79 Å². The number of hydrogen-bond acceptors (Lipinski definition) is 7. The van der Waals surface area contributed by atoms with Crippen LogP contribution in [-0.2, 0) is 14.3 Å². The molecule has 170 valence electrons. The van der Waals surface area contributed by atoms with Gasteiger partial charge in [0.15, 0.2) is 6.61 Å². The Morgan fingerprint density at radius 2 is 1.78 bits per heavy atom. The Balaban J connectivity index is 1.57. The molecule has 32 heavy (non-hydrogen) atoms. The van der Waals surface area contributed by atoms with Gasteiger partial charge in [-0.15, -0.1) is 11.8 Å². The first-order valence-corrected chi connectivity index (χ1v) is 11.2. The molecule has 0 bridgehead atoms. The van der Waals surface area contributed by atoms with E-state index in [0.717, 1.165) is 25.9 Å². The van der Waals surface area contributed by atoms with E-state index >= 15 is 0 Å². The summed E-state index contributed by atoms with van der Waals surface area (Å²) in [5, 5.41) is 2.65. The fourth-order valence-corrected chi connectivity index (χ4v) is 4.21. The van der Waals surface area contributed by atoms with E-state index in [0.29, 0.717) is 27.6 Å². The summed E-state index contributed by atoms with van der Waals surface area (Å²) in [6.45, 7) is 1.11. The Morgan fingerprint density at radius 3 is 2.50 bits per heavy atom. The molecule has 0 spiro atoms. The SMILES string of the molecule is COc1ccc(OC)c(NC(=O)COC(=O)c2ccccc2SCC(=O)N2CCCC2)c1. The van der Waals surface area contributed by atoms with Gasteiger partial charge in [0.1, 0.15) is 11.5 Å². The van der Waals surface area contributed by atoms with Crippen LogP contribution in [0.4, 0.5) is 5.69 Å². The van der Waals surface area contributed by atoms with Gasteiger partial charge >= 0.3 is 5.97 Å². The van der Waals surface area contributed by atoms with Crippen LogP contribution in [0.2, 0.25) is 0 Å². The molecule has 8 nitrogen and oxygen atoms in total. The summed E-state index contributed by atoms with van der Waals surface area (Å²) in [5.74, 6) is 0.166. The highest BCUT2D eigenvalue weighted by Gasteiger charge is 2.20. The van der Waals surface area contributed by atoms with E-state index in [1.54, 1.807) is 42.5 Å². The highest BCUT2D eigenvalue weighted by atomic mass is 32.2. The molecule has 1 heterocycles. The topological polar surface area (TPSA) is 94.2 Å². The standard InChI is InChI=1S/C23H26N2O6S/c1-29-16-9-10-19(30-2)18(13-16)24-21(26)14-31-23(28)17-7-3-4-8-20(17)32-15-22(27)25-11-5-6-12-25/h3-4,7-10,13H,5-6,11-12,14-15H2,1-2H3,(H,24,26). The Hall–Kier alpha value is -3.20. The predicted molar refractivity (Wildman–Crippen MR) is 121 cm³/mol. The van der Waals surface area contributed by atoms with Crippen LogP contribution in [0.25, 0.3) is 0 Å². The highest BCUT2D eigenvalue weighted by molar-refractivity contribution is 8.00. The summed E-state index contributed by atoms with van der Waals surface area (Å²) in [6.07, 6.45) is 2.06. The minimum Gasteiger partial charge on any atom is -0.497 e. The molecule has 1 N–H and O–H groups in total. The predicted octanol–water partition coefficient (Wildman–Crippen LogP) is 3.21. The quantitative estimate of drug-likeness (QED) is 0.455. The molecule has 0 saturated carbocycles. The number of rotatable bonds is 9. The zero-order valence-electron chi connectivity index (χ0n) is 18.1. The van der Waals surface area contributed by atoms with Gasteiger partial charge in [-0.05, 0) is 37.1 Å².